The second-order valence-corrected chi connectivity index (χ2v) is 5.52. The van der Waals surface area contributed by atoms with Crippen LogP contribution in [0.2, 0.25) is 5.02 Å². The van der Waals surface area contributed by atoms with E-state index in [9.17, 15) is 20.0 Å². The fourth-order valence-electron chi connectivity index (χ4n) is 1.82. The Kier molecular flexibility index (Phi) is 4.82. The lowest BCUT2D eigenvalue weighted by atomic mass is 10.1. The molecule has 0 unspecified atom stereocenters. The van der Waals surface area contributed by atoms with Crippen LogP contribution in [0.5, 0.6) is 0 Å². The van der Waals surface area contributed by atoms with E-state index in [4.69, 9.17) is 11.6 Å². The van der Waals surface area contributed by atoms with Crippen molar-refractivity contribution in [1.29, 1.82) is 0 Å². The number of carbonyl (C=O) groups is 1. The average Bonchev–Trinajstić information content (AvgIpc) is 2.45. The molecule has 108 valence electrons. The normalized spacial score (nSPS) is 10.3. The predicted molar refractivity (Wildman–Crippen MR) is 81.1 cm³/mol. The van der Waals surface area contributed by atoms with Crippen LogP contribution in [0.15, 0.2) is 47.4 Å². The zero-order chi connectivity index (χ0) is 15.4. The molecule has 0 spiro atoms. The zero-order valence-corrected chi connectivity index (χ0v) is 12.2. The maximum atomic E-state index is 11.3. The SMILES string of the molecule is O=C(O)c1c(CSc2ccccc2Cl)cccc1[N+](=O)[O-]. The summed E-state index contributed by atoms with van der Waals surface area (Å²) >= 11 is 7.36. The van der Waals surface area contributed by atoms with E-state index >= 15 is 0 Å². The molecule has 0 radical (unpaired) electrons. The lowest BCUT2D eigenvalue weighted by Gasteiger charge is -2.07. The summed E-state index contributed by atoms with van der Waals surface area (Å²) in [6.07, 6.45) is 0. The Hall–Kier alpha value is -2.05. The largest absolute Gasteiger partial charge is 0.477 e. The van der Waals surface area contributed by atoms with Gasteiger partial charge in [-0.25, -0.2) is 4.79 Å². The molecule has 2 aromatic carbocycles. The van der Waals surface area contributed by atoms with Crippen molar-refractivity contribution in [2.45, 2.75) is 10.6 Å². The first-order valence-corrected chi connectivity index (χ1v) is 7.24. The Bertz CT molecular complexity index is 705. The smallest absolute Gasteiger partial charge is 0.343 e. The Balaban J connectivity index is 2.32. The van der Waals surface area contributed by atoms with Crippen molar-refractivity contribution in [3.63, 3.8) is 0 Å². The van der Waals surface area contributed by atoms with Gasteiger partial charge in [-0.2, -0.15) is 0 Å². The number of thioether (sulfide) groups is 1. The number of nitro benzene ring substituents is 1. The van der Waals surface area contributed by atoms with E-state index in [1.807, 2.05) is 12.1 Å². The number of hydrogen-bond donors (Lipinski definition) is 1. The van der Waals surface area contributed by atoms with Gasteiger partial charge in [0, 0.05) is 16.7 Å². The van der Waals surface area contributed by atoms with Crippen LogP contribution >= 0.6 is 23.4 Å². The van der Waals surface area contributed by atoms with E-state index in [2.05, 4.69) is 0 Å². The Morgan fingerprint density at radius 1 is 1.24 bits per heavy atom. The predicted octanol–water partition coefficient (Wildman–Crippen LogP) is 4.24. The van der Waals surface area contributed by atoms with Gasteiger partial charge >= 0.3 is 5.97 Å². The Morgan fingerprint density at radius 2 is 1.95 bits per heavy atom. The maximum Gasteiger partial charge on any atom is 0.343 e. The molecule has 0 aliphatic carbocycles. The quantitative estimate of drug-likeness (QED) is 0.505. The van der Waals surface area contributed by atoms with E-state index in [0.29, 0.717) is 10.6 Å². The monoisotopic (exact) mass is 323 g/mol. The van der Waals surface area contributed by atoms with Crippen molar-refractivity contribution in [2.24, 2.45) is 0 Å². The van der Waals surface area contributed by atoms with Crippen molar-refractivity contribution in [3.05, 3.63) is 68.7 Å². The summed E-state index contributed by atoms with van der Waals surface area (Å²) in [7, 11) is 0. The minimum absolute atomic E-state index is 0.276. The number of carboxylic acids is 1. The standard InChI is InChI=1S/C14H10ClNO4S/c15-10-5-1-2-7-12(10)21-8-9-4-3-6-11(16(19)20)13(9)14(17)18/h1-7H,8H2,(H,17,18). The molecule has 0 aliphatic heterocycles. The van der Waals surface area contributed by atoms with E-state index in [0.717, 1.165) is 4.90 Å². The van der Waals surface area contributed by atoms with Gasteiger partial charge in [-0.05, 0) is 17.7 Å². The van der Waals surface area contributed by atoms with Crippen LogP contribution in [0.3, 0.4) is 0 Å². The molecule has 0 fully saturated rings. The topological polar surface area (TPSA) is 80.4 Å². The van der Waals surface area contributed by atoms with Gasteiger partial charge < -0.3 is 5.11 Å². The number of halogens is 1. The highest BCUT2D eigenvalue weighted by molar-refractivity contribution is 7.98. The summed E-state index contributed by atoms with van der Waals surface area (Å²) in [5, 5.41) is 20.7. The molecule has 0 bridgehead atoms. The second kappa shape index (κ2) is 6.60. The number of carboxylic acid groups (broad SMARTS) is 1. The molecule has 0 saturated heterocycles. The van der Waals surface area contributed by atoms with Crippen molar-refractivity contribution >= 4 is 35.0 Å². The highest BCUT2D eigenvalue weighted by atomic mass is 35.5. The molecule has 21 heavy (non-hydrogen) atoms. The molecule has 0 heterocycles. The number of hydrogen-bond acceptors (Lipinski definition) is 4. The minimum atomic E-state index is -1.31. The minimum Gasteiger partial charge on any atom is -0.477 e. The fourth-order valence-corrected chi connectivity index (χ4v) is 3.05. The summed E-state index contributed by atoms with van der Waals surface area (Å²) in [4.78, 5) is 22.3. The van der Waals surface area contributed by atoms with Crippen molar-refractivity contribution in [3.8, 4) is 0 Å². The molecule has 7 heteroatoms. The molecule has 0 aromatic heterocycles. The fraction of sp³-hybridized carbons (Fsp3) is 0.0714. The number of aromatic carboxylic acids is 1. The number of nitrogens with zero attached hydrogens (tertiary/aromatic N) is 1. The molecular formula is C14H10ClNO4S. The van der Waals surface area contributed by atoms with Crippen LogP contribution in [0, 0.1) is 10.1 Å². The first kappa shape index (κ1) is 15.3. The summed E-state index contributed by atoms with van der Waals surface area (Å²) in [6.45, 7) is 0. The lowest BCUT2D eigenvalue weighted by Crippen LogP contribution is -2.06. The number of rotatable bonds is 5. The summed E-state index contributed by atoms with van der Waals surface area (Å²) < 4.78 is 0. The van der Waals surface area contributed by atoms with Gasteiger partial charge in [-0.1, -0.05) is 35.9 Å². The third-order valence-corrected chi connectivity index (χ3v) is 4.32. The molecule has 5 nitrogen and oxygen atoms in total. The van der Waals surface area contributed by atoms with Crippen LogP contribution in [0.1, 0.15) is 15.9 Å². The van der Waals surface area contributed by atoms with E-state index in [1.165, 1.54) is 23.9 Å². The Labute approximate surface area is 129 Å². The molecule has 2 aromatic rings. The molecule has 0 aliphatic rings. The molecule has 0 amide bonds. The zero-order valence-electron chi connectivity index (χ0n) is 10.7. The van der Waals surface area contributed by atoms with Crippen molar-refractivity contribution in [1.82, 2.24) is 0 Å². The first-order valence-electron chi connectivity index (χ1n) is 5.87. The third-order valence-electron chi connectivity index (χ3n) is 2.76. The summed E-state index contributed by atoms with van der Waals surface area (Å²) in [5.74, 6) is -1.02. The third kappa shape index (κ3) is 3.53. The molecule has 0 saturated carbocycles. The van der Waals surface area contributed by atoms with Crippen LogP contribution in [0.25, 0.3) is 0 Å². The van der Waals surface area contributed by atoms with Gasteiger partial charge in [0.05, 0.1) is 9.95 Å². The summed E-state index contributed by atoms with van der Waals surface area (Å²) in [6, 6.07) is 11.4. The van der Waals surface area contributed by atoms with Crippen molar-refractivity contribution in [2.75, 3.05) is 0 Å². The van der Waals surface area contributed by atoms with Crippen LogP contribution in [0.4, 0.5) is 5.69 Å². The maximum absolute atomic E-state index is 11.3. The molecule has 0 atom stereocenters. The Morgan fingerprint density at radius 3 is 2.57 bits per heavy atom. The lowest BCUT2D eigenvalue weighted by molar-refractivity contribution is -0.385. The van der Waals surface area contributed by atoms with Crippen LogP contribution in [-0.4, -0.2) is 16.0 Å². The molecular weight excluding hydrogens is 314 g/mol. The number of benzene rings is 2. The average molecular weight is 324 g/mol. The van der Waals surface area contributed by atoms with E-state index in [1.54, 1.807) is 18.2 Å². The molecule has 1 N–H and O–H groups in total. The van der Waals surface area contributed by atoms with Crippen molar-refractivity contribution < 1.29 is 14.8 Å². The van der Waals surface area contributed by atoms with Gasteiger partial charge in [-0.3, -0.25) is 10.1 Å². The van der Waals surface area contributed by atoms with E-state index in [-0.39, 0.29) is 11.3 Å². The van der Waals surface area contributed by atoms with Crippen LogP contribution < -0.4 is 0 Å². The van der Waals surface area contributed by atoms with Crippen LogP contribution in [-0.2, 0) is 5.75 Å². The van der Waals surface area contributed by atoms with Gasteiger partial charge in [-0.15, -0.1) is 11.8 Å². The summed E-state index contributed by atoms with van der Waals surface area (Å²) in [5.41, 5.74) is -0.288. The van der Waals surface area contributed by atoms with Gasteiger partial charge in [0.1, 0.15) is 5.56 Å². The number of nitro groups is 1. The van der Waals surface area contributed by atoms with Gasteiger partial charge in [0.2, 0.25) is 0 Å². The first-order chi connectivity index (χ1) is 10.0. The highest BCUT2D eigenvalue weighted by Crippen LogP contribution is 2.32. The van der Waals surface area contributed by atoms with E-state index < -0.39 is 16.6 Å². The molecule has 2 rings (SSSR count). The van der Waals surface area contributed by atoms with Gasteiger partial charge in [0.25, 0.3) is 5.69 Å². The highest BCUT2D eigenvalue weighted by Gasteiger charge is 2.23. The van der Waals surface area contributed by atoms with Gasteiger partial charge in [0.15, 0.2) is 0 Å². The second-order valence-electron chi connectivity index (χ2n) is 4.09.